The SMILES string of the molecule is COC(=O)C#Cc1cc(C)oc1C. The van der Waals surface area contributed by atoms with Gasteiger partial charge in [-0.3, -0.25) is 0 Å². The summed E-state index contributed by atoms with van der Waals surface area (Å²) in [5.41, 5.74) is 0.725. The molecule has 1 rings (SSSR count). The fraction of sp³-hybridized carbons (Fsp3) is 0.300. The third kappa shape index (κ3) is 2.38. The molecule has 1 aromatic heterocycles. The van der Waals surface area contributed by atoms with Crippen LogP contribution in [0.5, 0.6) is 0 Å². The minimum absolute atomic E-state index is 0.543. The van der Waals surface area contributed by atoms with Crippen molar-refractivity contribution in [2.75, 3.05) is 7.11 Å². The van der Waals surface area contributed by atoms with E-state index in [1.165, 1.54) is 7.11 Å². The van der Waals surface area contributed by atoms with Crippen LogP contribution in [0.2, 0.25) is 0 Å². The maximum absolute atomic E-state index is 10.7. The van der Waals surface area contributed by atoms with Gasteiger partial charge in [0.2, 0.25) is 0 Å². The molecule has 0 amide bonds. The average Bonchev–Trinajstić information content (AvgIpc) is 2.41. The normalized spacial score (nSPS) is 8.85. The van der Waals surface area contributed by atoms with Gasteiger partial charge in [0.15, 0.2) is 0 Å². The molecule has 3 heteroatoms. The van der Waals surface area contributed by atoms with E-state index in [1.54, 1.807) is 13.0 Å². The van der Waals surface area contributed by atoms with Crippen LogP contribution in [-0.4, -0.2) is 13.1 Å². The van der Waals surface area contributed by atoms with Gasteiger partial charge in [0.05, 0.1) is 12.7 Å². The van der Waals surface area contributed by atoms with E-state index in [9.17, 15) is 4.79 Å². The lowest BCUT2D eigenvalue weighted by atomic mass is 10.2. The zero-order valence-electron chi connectivity index (χ0n) is 7.80. The Labute approximate surface area is 76.7 Å². The average molecular weight is 178 g/mol. The quantitative estimate of drug-likeness (QED) is 0.445. The lowest BCUT2D eigenvalue weighted by molar-refractivity contribution is -0.133. The molecule has 1 aromatic rings. The first-order valence-electron chi connectivity index (χ1n) is 3.80. The van der Waals surface area contributed by atoms with E-state index in [0.29, 0.717) is 5.76 Å². The second-order valence-corrected chi connectivity index (χ2v) is 2.57. The molecule has 0 atom stereocenters. The first-order valence-corrected chi connectivity index (χ1v) is 3.80. The molecule has 0 aliphatic heterocycles. The molecule has 1 heterocycles. The van der Waals surface area contributed by atoms with Crippen LogP contribution in [0.25, 0.3) is 0 Å². The Kier molecular flexibility index (Phi) is 2.76. The Morgan fingerprint density at radius 3 is 2.69 bits per heavy atom. The Hall–Kier alpha value is -1.69. The molecule has 0 saturated carbocycles. The summed E-state index contributed by atoms with van der Waals surface area (Å²) >= 11 is 0. The molecular weight excluding hydrogens is 168 g/mol. The number of ether oxygens (including phenoxy) is 1. The Balaban J connectivity index is 2.89. The third-order valence-corrected chi connectivity index (χ3v) is 1.53. The molecule has 0 aliphatic rings. The van der Waals surface area contributed by atoms with Crippen molar-refractivity contribution in [2.45, 2.75) is 13.8 Å². The minimum Gasteiger partial charge on any atom is -0.465 e. The molecule has 68 valence electrons. The van der Waals surface area contributed by atoms with E-state index in [-0.39, 0.29) is 0 Å². The predicted molar refractivity (Wildman–Crippen MR) is 47.1 cm³/mol. The van der Waals surface area contributed by atoms with Crippen molar-refractivity contribution in [1.82, 2.24) is 0 Å². The molecular formula is C10H10O3. The van der Waals surface area contributed by atoms with Crippen molar-refractivity contribution in [3.63, 3.8) is 0 Å². The van der Waals surface area contributed by atoms with Crippen molar-refractivity contribution < 1.29 is 13.9 Å². The van der Waals surface area contributed by atoms with Crippen LogP contribution >= 0.6 is 0 Å². The number of rotatable bonds is 0. The summed E-state index contributed by atoms with van der Waals surface area (Å²) in [7, 11) is 1.30. The van der Waals surface area contributed by atoms with Crippen LogP contribution in [0.4, 0.5) is 0 Å². The van der Waals surface area contributed by atoms with Gasteiger partial charge in [-0.15, -0.1) is 0 Å². The summed E-state index contributed by atoms with van der Waals surface area (Å²) in [4.78, 5) is 10.7. The molecule has 0 fully saturated rings. The highest BCUT2D eigenvalue weighted by Crippen LogP contribution is 2.11. The molecule has 3 nitrogen and oxygen atoms in total. The highest BCUT2D eigenvalue weighted by Gasteiger charge is 2.00. The van der Waals surface area contributed by atoms with Gasteiger partial charge in [-0.05, 0) is 19.9 Å². The summed E-state index contributed by atoms with van der Waals surface area (Å²) < 4.78 is 9.60. The van der Waals surface area contributed by atoms with Gasteiger partial charge in [-0.1, -0.05) is 5.92 Å². The Bertz CT molecular complexity index is 377. The third-order valence-electron chi connectivity index (χ3n) is 1.53. The van der Waals surface area contributed by atoms with Gasteiger partial charge in [0, 0.05) is 5.92 Å². The molecule has 0 spiro atoms. The number of methoxy groups -OCH3 is 1. The lowest BCUT2D eigenvalue weighted by Crippen LogP contribution is -1.94. The van der Waals surface area contributed by atoms with Gasteiger partial charge < -0.3 is 9.15 Å². The fourth-order valence-corrected chi connectivity index (χ4v) is 0.924. The van der Waals surface area contributed by atoms with Crippen LogP contribution in [-0.2, 0) is 9.53 Å². The largest absolute Gasteiger partial charge is 0.465 e. The van der Waals surface area contributed by atoms with Gasteiger partial charge in [0.25, 0.3) is 0 Å². The van der Waals surface area contributed by atoms with Crippen molar-refractivity contribution >= 4 is 5.97 Å². The van der Waals surface area contributed by atoms with Gasteiger partial charge >= 0.3 is 5.97 Å². The van der Waals surface area contributed by atoms with Crippen molar-refractivity contribution in [2.24, 2.45) is 0 Å². The van der Waals surface area contributed by atoms with Gasteiger partial charge in [-0.2, -0.15) is 0 Å². The second-order valence-electron chi connectivity index (χ2n) is 2.57. The van der Waals surface area contributed by atoms with E-state index in [1.807, 2.05) is 6.92 Å². The van der Waals surface area contributed by atoms with Crippen molar-refractivity contribution in [3.8, 4) is 11.8 Å². The van der Waals surface area contributed by atoms with E-state index >= 15 is 0 Å². The van der Waals surface area contributed by atoms with Crippen LogP contribution in [0.1, 0.15) is 17.1 Å². The standard InChI is InChI=1S/C10H10O3/c1-7-6-9(8(2)13-7)4-5-10(11)12-3/h6H,1-3H3. The van der Waals surface area contributed by atoms with Crippen LogP contribution < -0.4 is 0 Å². The van der Waals surface area contributed by atoms with E-state index in [4.69, 9.17) is 4.42 Å². The summed E-state index contributed by atoms with van der Waals surface area (Å²) in [6.07, 6.45) is 0. The van der Waals surface area contributed by atoms with Crippen molar-refractivity contribution in [3.05, 3.63) is 23.2 Å². The molecule has 0 saturated heterocycles. The lowest BCUT2D eigenvalue weighted by Gasteiger charge is -1.85. The zero-order valence-corrected chi connectivity index (χ0v) is 7.80. The number of carbonyl (C=O) groups is 1. The highest BCUT2D eigenvalue weighted by atomic mass is 16.5. The maximum atomic E-state index is 10.7. The number of esters is 1. The molecule has 13 heavy (non-hydrogen) atoms. The maximum Gasteiger partial charge on any atom is 0.384 e. The summed E-state index contributed by atoms with van der Waals surface area (Å²) in [5, 5.41) is 0. The fourth-order valence-electron chi connectivity index (χ4n) is 0.924. The smallest absolute Gasteiger partial charge is 0.384 e. The zero-order chi connectivity index (χ0) is 9.84. The second kappa shape index (κ2) is 3.81. The first-order chi connectivity index (χ1) is 6.13. The Morgan fingerprint density at radius 1 is 1.54 bits per heavy atom. The van der Waals surface area contributed by atoms with Crippen LogP contribution in [0.15, 0.2) is 10.5 Å². The number of hydrogen-bond donors (Lipinski definition) is 0. The van der Waals surface area contributed by atoms with E-state index < -0.39 is 5.97 Å². The topological polar surface area (TPSA) is 39.4 Å². The van der Waals surface area contributed by atoms with E-state index in [2.05, 4.69) is 16.6 Å². The monoisotopic (exact) mass is 178 g/mol. The molecule has 0 radical (unpaired) electrons. The summed E-state index contributed by atoms with van der Waals surface area (Å²) in [6, 6.07) is 1.78. The van der Waals surface area contributed by atoms with Crippen LogP contribution in [0.3, 0.4) is 0 Å². The molecule has 0 bridgehead atoms. The number of hydrogen-bond acceptors (Lipinski definition) is 3. The van der Waals surface area contributed by atoms with Gasteiger partial charge in [-0.25, -0.2) is 4.79 Å². The molecule has 0 N–H and O–H groups in total. The number of furan rings is 1. The summed E-state index contributed by atoms with van der Waals surface area (Å²) in [6.45, 7) is 3.63. The first kappa shape index (κ1) is 9.40. The van der Waals surface area contributed by atoms with Crippen molar-refractivity contribution in [1.29, 1.82) is 0 Å². The number of carbonyl (C=O) groups excluding carboxylic acids is 1. The Morgan fingerprint density at radius 2 is 2.23 bits per heavy atom. The van der Waals surface area contributed by atoms with Crippen LogP contribution in [0, 0.1) is 25.7 Å². The molecule has 0 aliphatic carbocycles. The minimum atomic E-state index is -0.543. The highest BCUT2D eigenvalue weighted by molar-refractivity contribution is 5.89. The van der Waals surface area contributed by atoms with E-state index in [0.717, 1.165) is 11.3 Å². The molecule has 0 unspecified atom stereocenters. The molecule has 0 aromatic carbocycles. The van der Waals surface area contributed by atoms with Gasteiger partial charge in [0.1, 0.15) is 11.5 Å². The number of aryl methyl sites for hydroxylation is 2. The predicted octanol–water partition coefficient (Wildman–Crippen LogP) is 1.42. The summed E-state index contributed by atoms with van der Waals surface area (Å²) in [5.74, 6) is 5.96.